The summed E-state index contributed by atoms with van der Waals surface area (Å²) in [6.07, 6.45) is 11.8. The summed E-state index contributed by atoms with van der Waals surface area (Å²) in [5.41, 5.74) is 3.18. The number of hydrogen-bond acceptors (Lipinski definition) is 3. The Kier molecular flexibility index (Phi) is 8.44. The molecule has 4 nitrogen and oxygen atoms in total. The summed E-state index contributed by atoms with van der Waals surface area (Å²) in [6.45, 7) is 15.6. The predicted octanol–water partition coefficient (Wildman–Crippen LogP) is 4.16. The Morgan fingerprint density at radius 1 is 1.08 bits per heavy atom. The molecule has 1 aromatic heterocycles. The molecule has 1 saturated carbocycles. The lowest BCUT2D eigenvalue weighted by Crippen LogP contribution is -2.44. The Hall–Kier alpha value is -0.870. The van der Waals surface area contributed by atoms with Crippen LogP contribution in [-0.2, 0) is 6.54 Å². The molecular weight excluding hydrogens is 308 g/mol. The maximum atomic E-state index is 4.65. The van der Waals surface area contributed by atoms with Crippen molar-refractivity contribution in [3.05, 3.63) is 17.5 Å². The molecule has 0 amide bonds. The second-order valence-corrected chi connectivity index (χ2v) is 7.83. The molecule has 25 heavy (non-hydrogen) atoms. The first kappa shape index (κ1) is 20.4. The van der Waals surface area contributed by atoms with E-state index in [1.165, 1.54) is 75.8 Å². The fourth-order valence-corrected chi connectivity index (χ4v) is 4.42. The van der Waals surface area contributed by atoms with Crippen molar-refractivity contribution >= 4 is 0 Å². The monoisotopic (exact) mass is 348 g/mol. The van der Waals surface area contributed by atoms with Gasteiger partial charge in [0.05, 0.1) is 6.20 Å². The van der Waals surface area contributed by atoms with Gasteiger partial charge in [0.25, 0.3) is 0 Å². The van der Waals surface area contributed by atoms with Crippen LogP contribution >= 0.6 is 0 Å². The molecule has 1 aromatic rings. The van der Waals surface area contributed by atoms with Gasteiger partial charge in [-0.3, -0.25) is 4.68 Å². The smallest absolute Gasteiger partial charge is 0.0521 e. The molecule has 1 saturated heterocycles. The summed E-state index contributed by atoms with van der Waals surface area (Å²) in [7, 11) is 0. The summed E-state index contributed by atoms with van der Waals surface area (Å²) in [6, 6.07) is 0. The van der Waals surface area contributed by atoms with Gasteiger partial charge in [0, 0.05) is 38.4 Å². The molecule has 0 unspecified atom stereocenters. The van der Waals surface area contributed by atoms with Gasteiger partial charge in [-0.2, -0.15) is 5.10 Å². The standard InChI is InChI=1S/C19H34N4.C2H6/c1-17-15-21-23(18(17)2)16-19(7-4-3-5-8-19)9-6-12-22-13-10-20-11-14-22;1-2/h15,20H,3-14,16H2,1-2H3;1-2H3. The van der Waals surface area contributed by atoms with Crippen LogP contribution in [-0.4, -0.2) is 47.4 Å². The van der Waals surface area contributed by atoms with Crippen LogP contribution in [0.1, 0.15) is 70.1 Å². The molecule has 4 heteroatoms. The van der Waals surface area contributed by atoms with E-state index in [-0.39, 0.29) is 0 Å². The van der Waals surface area contributed by atoms with Crippen LogP contribution in [0, 0.1) is 19.3 Å². The lowest BCUT2D eigenvalue weighted by Gasteiger charge is -2.38. The third-order valence-corrected chi connectivity index (χ3v) is 6.14. The second kappa shape index (κ2) is 10.3. The topological polar surface area (TPSA) is 33.1 Å². The van der Waals surface area contributed by atoms with E-state index < -0.39 is 0 Å². The number of nitrogens with one attached hydrogen (secondary N) is 1. The summed E-state index contributed by atoms with van der Waals surface area (Å²) in [5, 5.41) is 8.10. The Balaban J connectivity index is 0.00000109. The molecule has 1 aliphatic heterocycles. The molecule has 1 aliphatic carbocycles. The minimum Gasteiger partial charge on any atom is -0.314 e. The van der Waals surface area contributed by atoms with Crippen LogP contribution in [0.25, 0.3) is 0 Å². The van der Waals surface area contributed by atoms with E-state index in [2.05, 4.69) is 33.8 Å². The number of nitrogens with zero attached hydrogens (tertiary/aromatic N) is 3. The highest BCUT2D eigenvalue weighted by atomic mass is 15.3. The first-order valence-electron chi connectivity index (χ1n) is 10.6. The van der Waals surface area contributed by atoms with E-state index in [1.54, 1.807) is 0 Å². The average Bonchev–Trinajstić information content (AvgIpc) is 2.97. The molecule has 2 heterocycles. The normalized spacial score (nSPS) is 20.8. The fourth-order valence-electron chi connectivity index (χ4n) is 4.42. The number of rotatable bonds is 6. The SMILES string of the molecule is CC.Cc1cnn(CC2(CCCN3CCNCC3)CCCCC2)c1C. The van der Waals surface area contributed by atoms with E-state index in [1.807, 2.05) is 20.0 Å². The predicted molar refractivity (Wildman–Crippen MR) is 107 cm³/mol. The Labute approximate surface area is 155 Å². The second-order valence-electron chi connectivity index (χ2n) is 7.83. The lowest BCUT2D eigenvalue weighted by molar-refractivity contribution is 0.122. The number of aromatic nitrogens is 2. The zero-order valence-corrected chi connectivity index (χ0v) is 17.1. The molecule has 144 valence electrons. The zero-order chi connectivity index (χ0) is 18.1. The molecule has 0 bridgehead atoms. The summed E-state index contributed by atoms with van der Waals surface area (Å²) < 4.78 is 2.28. The van der Waals surface area contributed by atoms with Gasteiger partial charge in [-0.1, -0.05) is 33.1 Å². The largest absolute Gasteiger partial charge is 0.314 e. The zero-order valence-electron chi connectivity index (χ0n) is 17.1. The molecule has 2 aliphatic rings. The molecule has 0 atom stereocenters. The van der Waals surface area contributed by atoms with Gasteiger partial charge in [0.2, 0.25) is 0 Å². The molecular formula is C21H40N4. The van der Waals surface area contributed by atoms with Crippen molar-refractivity contribution in [1.82, 2.24) is 20.0 Å². The van der Waals surface area contributed by atoms with Crippen molar-refractivity contribution in [2.75, 3.05) is 32.7 Å². The van der Waals surface area contributed by atoms with Gasteiger partial charge in [-0.15, -0.1) is 0 Å². The summed E-state index contributed by atoms with van der Waals surface area (Å²) in [5.74, 6) is 0. The Morgan fingerprint density at radius 3 is 2.36 bits per heavy atom. The first-order valence-corrected chi connectivity index (χ1v) is 10.6. The van der Waals surface area contributed by atoms with Crippen LogP contribution in [0.15, 0.2) is 6.20 Å². The van der Waals surface area contributed by atoms with Gasteiger partial charge in [-0.05, 0) is 57.1 Å². The van der Waals surface area contributed by atoms with Gasteiger partial charge in [-0.25, -0.2) is 0 Å². The fraction of sp³-hybridized carbons (Fsp3) is 0.857. The maximum absolute atomic E-state index is 4.65. The van der Waals surface area contributed by atoms with Crippen LogP contribution in [0.2, 0.25) is 0 Å². The summed E-state index contributed by atoms with van der Waals surface area (Å²) in [4.78, 5) is 2.64. The number of aryl methyl sites for hydroxylation is 1. The number of hydrogen-bond donors (Lipinski definition) is 1. The minimum atomic E-state index is 0.496. The molecule has 0 spiro atoms. The van der Waals surface area contributed by atoms with Gasteiger partial charge in [0.1, 0.15) is 0 Å². The molecule has 2 fully saturated rings. The quantitative estimate of drug-likeness (QED) is 0.838. The Bertz CT molecular complexity index is 482. The van der Waals surface area contributed by atoms with Gasteiger partial charge >= 0.3 is 0 Å². The van der Waals surface area contributed by atoms with E-state index in [9.17, 15) is 0 Å². The van der Waals surface area contributed by atoms with Gasteiger partial charge < -0.3 is 10.2 Å². The van der Waals surface area contributed by atoms with Crippen LogP contribution < -0.4 is 5.32 Å². The highest BCUT2D eigenvalue weighted by molar-refractivity contribution is 5.13. The molecule has 0 radical (unpaired) electrons. The van der Waals surface area contributed by atoms with E-state index >= 15 is 0 Å². The average molecular weight is 349 g/mol. The van der Waals surface area contributed by atoms with Crippen LogP contribution in [0.3, 0.4) is 0 Å². The van der Waals surface area contributed by atoms with Crippen LogP contribution in [0.4, 0.5) is 0 Å². The van der Waals surface area contributed by atoms with Crippen LogP contribution in [0.5, 0.6) is 0 Å². The lowest BCUT2D eigenvalue weighted by atomic mass is 9.71. The highest BCUT2D eigenvalue weighted by Crippen LogP contribution is 2.42. The van der Waals surface area contributed by atoms with Crippen molar-refractivity contribution < 1.29 is 0 Å². The third-order valence-electron chi connectivity index (χ3n) is 6.14. The van der Waals surface area contributed by atoms with Gasteiger partial charge in [0.15, 0.2) is 0 Å². The van der Waals surface area contributed by atoms with Crippen molar-refractivity contribution in [3.8, 4) is 0 Å². The van der Waals surface area contributed by atoms with Crippen molar-refractivity contribution in [1.29, 1.82) is 0 Å². The molecule has 3 rings (SSSR count). The van der Waals surface area contributed by atoms with E-state index in [0.717, 1.165) is 19.6 Å². The highest BCUT2D eigenvalue weighted by Gasteiger charge is 2.33. The summed E-state index contributed by atoms with van der Waals surface area (Å²) >= 11 is 0. The molecule has 0 aromatic carbocycles. The van der Waals surface area contributed by atoms with Crippen molar-refractivity contribution in [2.45, 2.75) is 79.2 Å². The Morgan fingerprint density at radius 2 is 1.76 bits per heavy atom. The number of piperazine rings is 1. The first-order chi connectivity index (χ1) is 12.2. The van der Waals surface area contributed by atoms with Crippen molar-refractivity contribution in [3.63, 3.8) is 0 Å². The molecule has 1 N–H and O–H groups in total. The van der Waals surface area contributed by atoms with Crippen molar-refractivity contribution in [2.24, 2.45) is 5.41 Å². The van der Waals surface area contributed by atoms with E-state index in [0.29, 0.717) is 5.41 Å². The third kappa shape index (κ3) is 5.82. The maximum Gasteiger partial charge on any atom is 0.0521 e. The minimum absolute atomic E-state index is 0.496. The van der Waals surface area contributed by atoms with E-state index in [4.69, 9.17) is 0 Å².